The van der Waals surface area contributed by atoms with Crippen molar-refractivity contribution in [1.82, 2.24) is 95.3 Å². The van der Waals surface area contributed by atoms with E-state index in [1.54, 1.807) is 48.5 Å². The number of amides is 20. The molecular formula is C81H142N20O21. The van der Waals surface area contributed by atoms with Gasteiger partial charge in [-0.15, -0.1) is 0 Å². The molecule has 0 aliphatic carbocycles. The van der Waals surface area contributed by atoms with E-state index < -0.39 is 243 Å². The highest BCUT2D eigenvalue weighted by Crippen LogP contribution is 2.25. The molecule has 122 heavy (non-hydrogen) atoms. The van der Waals surface area contributed by atoms with Crippen LogP contribution >= 0.6 is 0 Å². The number of hydrogen-bond donors (Lipinski definition) is 20. The van der Waals surface area contributed by atoms with Crippen molar-refractivity contribution in [1.29, 1.82) is 0 Å². The van der Waals surface area contributed by atoms with Gasteiger partial charge in [0.25, 0.3) is 0 Å². The second-order valence-electron chi connectivity index (χ2n) is 37.1. The fraction of sp³-hybridized carbons (Fsp3) is 0.753. The second kappa shape index (κ2) is 46.6. The van der Waals surface area contributed by atoms with Gasteiger partial charge in [0.05, 0.1) is 25.7 Å². The molecule has 22 N–H and O–H groups in total. The summed E-state index contributed by atoms with van der Waals surface area (Å²) >= 11 is 0. The Kier molecular flexibility index (Phi) is 41.7. The Bertz CT molecular complexity index is 3810. The lowest BCUT2D eigenvalue weighted by atomic mass is 9.94. The van der Waals surface area contributed by atoms with Gasteiger partial charge in [-0.2, -0.15) is 0 Å². The highest BCUT2D eigenvalue weighted by atomic mass is 16.3. The Hall–Kier alpha value is -10.6. The summed E-state index contributed by atoms with van der Waals surface area (Å²) < 4.78 is 0. The van der Waals surface area contributed by atoms with E-state index >= 15 is 0 Å². The van der Waals surface area contributed by atoms with Crippen LogP contribution in [0.5, 0.6) is 0 Å². The lowest BCUT2D eigenvalue weighted by molar-refractivity contribution is -0.146. The number of hydrogen-bond acceptors (Lipinski definition) is 21. The van der Waals surface area contributed by atoms with E-state index in [-0.39, 0.29) is 75.2 Å². The molecule has 1 aliphatic heterocycles. The number of nitrogens with one attached hydrogen (secondary N) is 17. The Morgan fingerprint density at radius 2 is 0.730 bits per heavy atom. The van der Waals surface area contributed by atoms with Gasteiger partial charge in [0.15, 0.2) is 0 Å². The van der Waals surface area contributed by atoms with Gasteiger partial charge in [-0.3, -0.25) is 95.9 Å². The average molecular weight is 1730 g/mol. The molecule has 41 nitrogen and oxygen atoms in total. The smallest absolute Gasteiger partial charge is 0.248 e. The molecule has 0 saturated carbocycles. The van der Waals surface area contributed by atoms with Gasteiger partial charge in [0.2, 0.25) is 118 Å². The van der Waals surface area contributed by atoms with E-state index in [0.717, 1.165) is 0 Å². The Morgan fingerprint density at radius 3 is 1.13 bits per heavy atom. The Morgan fingerprint density at radius 1 is 0.377 bits per heavy atom. The summed E-state index contributed by atoms with van der Waals surface area (Å²) in [6, 6.07) is -9.84. The number of likely N-dealkylation sites (tertiary alicyclic amines) is 1. The zero-order chi connectivity index (χ0) is 94.7. The largest absolute Gasteiger partial charge is 0.394 e. The molecule has 1 fully saturated rings. The first-order valence-corrected chi connectivity index (χ1v) is 41.3. The van der Waals surface area contributed by atoms with Crippen LogP contribution in [-0.2, 0) is 95.9 Å². The van der Waals surface area contributed by atoms with Crippen molar-refractivity contribution < 1.29 is 101 Å². The van der Waals surface area contributed by atoms with Crippen LogP contribution in [0, 0.1) is 23.7 Å². The van der Waals surface area contributed by atoms with Crippen molar-refractivity contribution in [3.63, 3.8) is 0 Å². The predicted octanol–water partition coefficient (Wildman–Crippen LogP) is -3.10. The molecule has 9 atom stereocenters. The minimum absolute atomic E-state index is 0.0196. The molecule has 0 unspecified atom stereocenters. The molecule has 1 rings (SSSR count). The van der Waals surface area contributed by atoms with Gasteiger partial charge in [-0.1, -0.05) is 62.3 Å². The van der Waals surface area contributed by atoms with Crippen LogP contribution in [0.25, 0.3) is 0 Å². The lowest BCUT2D eigenvalue weighted by Gasteiger charge is -2.37. The van der Waals surface area contributed by atoms with Crippen molar-refractivity contribution in [2.75, 3.05) is 26.2 Å². The maximum atomic E-state index is 14.5. The minimum Gasteiger partial charge on any atom is -0.394 e. The van der Waals surface area contributed by atoms with Gasteiger partial charge in [0, 0.05) is 26.3 Å². The van der Waals surface area contributed by atoms with Gasteiger partial charge >= 0.3 is 0 Å². The van der Waals surface area contributed by atoms with Gasteiger partial charge in [-0.05, 0) is 192 Å². The van der Waals surface area contributed by atoms with Crippen molar-refractivity contribution in [2.24, 2.45) is 35.1 Å². The molecule has 1 saturated heterocycles. The normalized spacial score (nSPS) is 15.6. The third-order valence-electron chi connectivity index (χ3n) is 20.0. The van der Waals surface area contributed by atoms with E-state index in [1.165, 1.54) is 123 Å². The van der Waals surface area contributed by atoms with E-state index in [0.29, 0.717) is 12.8 Å². The molecule has 1 heterocycles. The first-order valence-electron chi connectivity index (χ1n) is 41.3. The average Bonchev–Trinajstić information content (AvgIpc) is 1.57. The number of nitrogens with two attached hydrogens (primary N) is 2. The summed E-state index contributed by atoms with van der Waals surface area (Å²) in [6.45, 7) is 37.1. The molecule has 0 spiro atoms. The lowest BCUT2D eigenvalue weighted by Crippen LogP contribution is -2.66. The number of nitrogens with zero attached hydrogens (tertiary/aromatic N) is 1. The summed E-state index contributed by atoms with van der Waals surface area (Å²) in [5.74, 6) is -16.7. The molecule has 692 valence electrons. The number of aliphatic hydroxyl groups excluding tert-OH is 1. The predicted molar refractivity (Wildman–Crippen MR) is 450 cm³/mol. The zero-order valence-corrected chi connectivity index (χ0v) is 76.2. The van der Waals surface area contributed by atoms with Gasteiger partial charge in [0.1, 0.15) is 86.6 Å². The number of aliphatic hydroxyl groups is 1. The SMILES string of the molecule is CC[C@@](C)(NC(=O)CNC(=O)C(C)(C)NC(=O)[C@H](CC(C)C)NC(=O)C(C)(C)NC(=O)[C@H](CCC(N)=O)NC(=O)C(C)(C)NC(=O)[C@H](CC(C)C)NC(=O)[C@H](C)NC(=O)CNC(=O)C(C)(C)NC(C)=O)C(=O)NC(C)(C)C(=O)N1CCC[C@H]1C(=O)N[C@@H](CC(C)C)C(=O)NC(C)(C)C(=O)NC(C)(C)C(=O)N[C@@H](CCC(N)=O)C(=O)N[C@H](CO)CC(C)C. The number of rotatable bonds is 50. The summed E-state index contributed by atoms with van der Waals surface area (Å²) in [6.07, 6.45) is -0.395. The van der Waals surface area contributed by atoms with E-state index in [4.69, 9.17) is 11.5 Å². The fourth-order valence-corrected chi connectivity index (χ4v) is 12.5. The van der Waals surface area contributed by atoms with Crippen LogP contribution < -0.4 is 102 Å². The van der Waals surface area contributed by atoms with Crippen LogP contribution in [0.1, 0.15) is 251 Å². The van der Waals surface area contributed by atoms with Crippen molar-refractivity contribution in [2.45, 2.75) is 343 Å². The topological polar surface area (TPSA) is 621 Å². The Balaban J connectivity index is 3.23. The molecular weight excluding hydrogens is 1590 g/mol. The van der Waals surface area contributed by atoms with E-state index in [2.05, 4.69) is 90.4 Å². The standard InChI is InChI=1S/C81H142N20O21/c1-27-81(26,72(121)100-80(24,25)73(122)101-34-28-29-54(101)65(114)89-52(37-44(6)7)63(112)98-79(22,23)71(120)99-78(20,21)70(119)90-49(30-32-55(82)104)60(109)87-48(41-102)35-42(2)3)94-58(107)40-85-67(116)75(14,15)96-64(113)53(38-45(8)9)92-69(118)77(18,19)95-61(110)50(31-33-56(83)105)91-68(117)76(16,17)97-62(111)51(36-43(4)5)88-59(108)46(10)86-57(106)39-84-66(115)74(12,13)93-47(11)103/h42-46,48-54,102H,27-41H2,1-26H3,(H2,82,104)(H2,83,105)(H,84,115)(H,85,116)(H,86,106)(H,87,109)(H,88,108)(H,89,114)(H,90,119)(H,91,117)(H,92,118)(H,93,103)(H,94,107)(H,95,110)(H,96,113)(H,97,111)(H,98,112)(H,99,120)(H,100,121)/t46-,48-,49-,50-,51-,52-,53-,54-,81+/m0/s1. The molecule has 20 amide bonds. The molecule has 0 radical (unpaired) electrons. The molecule has 0 aromatic rings. The zero-order valence-electron chi connectivity index (χ0n) is 76.2. The van der Waals surface area contributed by atoms with Crippen molar-refractivity contribution >= 4 is 118 Å². The monoisotopic (exact) mass is 1730 g/mol. The van der Waals surface area contributed by atoms with Crippen LogP contribution in [-0.4, -0.2) is 247 Å². The van der Waals surface area contributed by atoms with Crippen LogP contribution in [0.15, 0.2) is 0 Å². The van der Waals surface area contributed by atoms with Crippen molar-refractivity contribution in [3.8, 4) is 0 Å². The highest BCUT2D eigenvalue weighted by Gasteiger charge is 2.48. The quantitative estimate of drug-likeness (QED) is 0.0287. The number of carbonyl (C=O) groups is 20. The van der Waals surface area contributed by atoms with Crippen LogP contribution in [0.3, 0.4) is 0 Å². The molecule has 41 heteroatoms. The second-order valence-corrected chi connectivity index (χ2v) is 37.1. The molecule has 1 aliphatic rings. The van der Waals surface area contributed by atoms with Gasteiger partial charge in [-0.25, -0.2) is 0 Å². The third-order valence-corrected chi connectivity index (χ3v) is 20.0. The summed E-state index contributed by atoms with van der Waals surface area (Å²) in [5.41, 5.74) is -3.04. The summed E-state index contributed by atoms with van der Waals surface area (Å²) in [5, 5.41) is 53.5. The van der Waals surface area contributed by atoms with Crippen LogP contribution in [0.2, 0.25) is 0 Å². The molecule has 0 aromatic carbocycles. The summed E-state index contributed by atoms with van der Waals surface area (Å²) in [7, 11) is 0. The number of primary amides is 2. The number of carbonyl (C=O) groups excluding carboxylic acids is 20. The van der Waals surface area contributed by atoms with Gasteiger partial charge < -0.3 is 112 Å². The Labute approximate surface area is 716 Å². The molecule has 0 aromatic heterocycles. The molecule has 0 bridgehead atoms. The summed E-state index contributed by atoms with van der Waals surface area (Å²) in [4.78, 5) is 272. The first kappa shape index (κ1) is 109. The van der Waals surface area contributed by atoms with Crippen LogP contribution in [0.4, 0.5) is 0 Å². The van der Waals surface area contributed by atoms with E-state index in [9.17, 15) is 101 Å². The third kappa shape index (κ3) is 36.2. The fourth-order valence-electron chi connectivity index (χ4n) is 12.5. The maximum absolute atomic E-state index is 14.5. The highest BCUT2D eigenvalue weighted by molar-refractivity contribution is 6.04. The first-order chi connectivity index (χ1) is 55.6. The van der Waals surface area contributed by atoms with Crippen molar-refractivity contribution in [3.05, 3.63) is 0 Å². The van der Waals surface area contributed by atoms with E-state index in [1.807, 2.05) is 13.8 Å². The minimum atomic E-state index is -1.89. The maximum Gasteiger partial charge on any atom is 0.248 e.